The average Bonchev–Trinajstić information content (AvgIpc) is 2.49. The van der Waals surface area contributed by atoms with Crippen LogP contribution in [0.4, 0.5) is 0 Å². The second kappa shape index (κ2) is 8.38. The van der Waals surface area contributed by atoms with Gasteiger partial charge < -0.3 is 10.1 Å². The number of ether oxygens (including phenoxy) is 1. The van der Waals surface area contributed by atoms with Gasteiger partial charge in [0.2, 0.25) is 0 Å². The van der Waals surface area contributed by atoms with E-state index in [1.54, 1.807) is 0 Å². The van der Waals surface area contributed by atoms with Gasteiger partial charge in [-0.05, 0) is 69.2 Å². The summed E-state index contributed by atoms with van der Waals surface area (Å²) >= 11 is 0. The number of nitrogens with one attached hydrogen (secondary N) is 1. The molecule has 1 aromatic rings. The summed E-state index contributed by atoms with van der Waals surface area (Å²) in [5.41, 5.74) is 2.68. The molecule has 2 rings (SSSR count). The van der Waals surface area contributed by atoms with Gasteiger partial charge >= 0.3 is 0 Å². The third-order valence-corrected chi connectivity index (χ3v) is 4.15. The molecule has 1 saturated heterocycles. The van der Waals surface area contributed by atoms with E-state index < -0.39 is 0 Å². The van der Waals surface area contributed by atoms with Gasteiger partial charge in [-0.25, -0.2) is 0 Å². The van der Waals surface area contributed by atoms with Crippen molar-refractivity contribution in [2.24, 2.45) is 0 Å². The summed E-state index contributed by atoms with van der Waals surface area (Å²) in [7, 11) is 0. The molecule has 20 heavy (non-hydrogen) atoms. The molecule has 0 bridgehead atoms. The van der Waals surface area contributed by atoms with Crippen LogP contribution < -0.4 is 5.32 Å². The predicted octanol–water partition coefficient (Wildman–Crippen LogP) is 3.78. The minimum atomic E-state index is 0.411. The average molecular weight is 276 g/mol. The van der Waals surface area contributed by atoms with Crippen molar-refractivity contribution in [3.63, 3.8) is 0 Å². The number of aromatic nitrogens is 1. The molecule has 1 aromatic heterocycles. The zero-order chi connectivity index (χ0) is 14.2. The maximum Gasteiger partial charge on any atom is 0.0575 e. The summed E-state index contributed by atoms with van der Waals surface area (Å²) < 4.78 is 5.86. The van der Waals surface area contributed by atoms with E-state index in [2.05, 4.69) is 30.2 Å². The molecular formula is C17H28N2O. The highest BCUT2D eigenvalue weighted by Crippen LogP contribution is 2.25. The van der Waals surface area contributed by atoms with Crippen LogP contribution in [-0.4, -0.2) is 24.2 Å². The van der Waals surface area contributed by atoms with Gasteiger partial charge in [0.15, 0.2) is 0 Å². The molecule has 1 fully saturated rings. The number of nitrogens with zero attached hydrogens (tertiary/aromatic N) is 1. The molecule has 3 nitrogen and oxygen atoms in total. The zero-order valence-electron chi connectivity index (χ0n) is 12.9. The lowest BCUT2D eigenvalue weighted by Crippen LogP contribution is -2.26. The lowest BCUT2D eigenvalue weighted by Gasteiger charge is -2.26. The standard InChI is InChI=1S/C17H28N2O/c1-3-10-19-17(16-13-18-11-9-14(16)2)8-7-15-6-4-5-12-20-15/h9,11,13,15,17,19H,3-8,10,12H2,1-2H3. The Labute approximate surface area is 123 Å². The highest BCUT2D eigenvalue weighted by atomic mass is 16.5. The Kier molecular flexibility index (Phi) is 6.48. The number of hydrogen-bond acceptors (Lipinski definition) is 3. The van der Waals surface area contributed by atoms with Gasteiger partial charge in [-0.3, -0.25) is 4.98 Å². The van der Waals surface area contributed by atoms with Crippen molar-refractivity contribution < 1.29 is 4.74 Å². The topological polar surface area (TPSA) is 34.1 Å². The number of pyridine rings is 1. The van der Waals surface area contributed by atoms with E-state index in [4.69, 9.17) is 4.74 Å². The molecule has 0 radical (unpaired) electrons. The number of hydrogen-bond donors (Lipinski definition) is 1. The van der Waals surface area contributed by atoms with Crippen LogP contribution >= 0.6 is 0 Å². The maximum atomic E-state index is 5.86. The van der Waals surface area contributed by atoms with Crippen molar-refractivity contribution >= 4 is 0 Å². The van der Waals surface area contributed by atoms with Gasteiger partial charge in [0.1, 0.15) is 0 Å². The molecule has 2 atom stereocenters. The van der Waals surface area contributed by atoms with Crippen LogP contribution in [0.15, 0.2) is 18.5 Å². The Balaban J connectivity index is 1.94. The first-order valence-corrected chi connectivity index (χ1v) is 8.06. The van der Waals surface area contributed by atoms with E-state index in [9.17, 15) is 0 Å². The molecule has 0 aliphatic carbocycles. The largest absolute Gasteiger partial charge is 0.378 e. The van der Waals surface area contributed by atoms with E-state index in [0.717, 1.165) is 32.4 Å². The molecule has 1 N–H and O–H groups in total. The summed E-state index contributed by atoms with van der Waals surface area (Å²) in [6.45, 7) is 6.40. The summed E-state index contributed by atoms with van der Waals surface area (Å²) in [5, 5.41) is 3.67. The van der Waals surface area contributed by atoms with E-state index in [1.165, 1.54) is 30.4 Å². The van der Waals surface area contributed by atoms with Crippen molar-refractivity contribution in [2.45, 2.75) is 64.5 Å². The fraction of sp³-hybridized carbons (Fsp3) is 0.706. The molecule has 0 amide bonds. The first kappa shape index (κ1) is 15.5. The highest BCUT2D eigenvalue weighted by molar-refractivity contribution is 5.25. The monoisotopic (exact) mass is 276 g/mol. The Morgan fingerprint density at radius 2 is 2.35 bits per heavy atom. The van der Waals surface area contributed by atoms with Crippen LogP contribution in [0.2, 0.25) is 0 Å². The second-order valence-corrected chi connectivity index (χ2v) is 5.80. The molecule has 0 spiro atoms. The Morgan fingerprint density at radius 1 is 1.45 bits per heavy atom. The van der Waals surface area contributed by atoms with Crippen molar-refractivity contribution in [1.29, 1.82) is 0 Å². The van der Waals surface area contributed by atoms with Crippen LogP contribution in [0.1, 0.15) is 62.6 Å². The van der Waals surface area contributed by atoms with Crippen LogP contribution in [0.5, 0.6) is 0 Å². The predicted molar refractivity (Wildman–Crippen MR) is 82.8 cm³/mol. The minimum absolute atomic E-state index is 0.411. The van der Waals surface area contributed by atoms with Gasteiger partial charge in [-0.1, -0.05) is 6.92 Å². The van der Waals surface area contributed by atoms with Crippen molar-refractivity contribution in [2.75, 3.05) is 13.2 Å². The molecule has 2 unspecified atom stereocenters. The van der Waals surface area contributed by atoms with Crippen LogP contribution in [0.3, 0.4) is 0 Å². The lowest BCUT2D eigenvalue weighted by molar-refractivity contribution is 0.00853. The molecule has 1 aliphatic rings. The highest BCUT2D eigenvalue weighted by Gasteiger charge is 2.18. The maximum absolute atomic E-state index is 5.86. The van der Waals surface area contributed by atoms with Gasteiger partial charge in [0.25, 0.3) is 0 Å². The quantitative estimate of drug-likeness (QED) is 0.823. The van der Waals surface area contributed by atoms with Crippen molar-refractivity contribution in [1.82, 2.24) is 10.3 Å². The van der Waals surface area contributed by atoms with Gasteiger partial charge in [0.05, 0.1) is 6.10 Å². The first-order valence-electron chi connectivity index (χ1n) is 8.06. The third-order valence-electron chi connectivity index (χ3n) is 4.15. The third kappa shape index (κ3) is 4.57. The van der Waals surface area contributed by atoms with Crippen LogP contribution in [-0.2, 0) is 4.74 Å². The molecule has 2 heterocycles. The fourth-order valence-electron chi connectivity index (χ4n) is 2.91. The summed E-state index contributed by atoms with van der Waals surface area (Å²) in [5.74, 6) is 0. The van der Waals surface area contributed by atoms with E-state index in [0.29, 0.717) is 12.1 Å². The fourth-order valence-corrected chi connectivity index (χ4v) is 2.91. The summed E-state index contributed by atoms with van der Waals surface area (Å²) in [6.07, 6.45) is 11.6. The van der Waals surface area contributed by atoms with E-state index in [-0.39, 0.29) is 0 Å². The summed E-state index contributed by atoms with van der Waals surface area (Å²) in [6, 6.07) is 2.52. The Bertz CT molecular complexity index is 388. The van der Waals surface area contributed by atoms with Gasteiger partial charge in [-0.2, -0.15) is 0 Å². The molecule has 1 aliphatic heterocycles. The molecule has 0 aromatic carbocycles. The Morgan fingerprint density at radius 3 is 3.05 bits per heavy atom. The van der Waals surface area contributed by atoms with Crippen LogP contribution in [0, 0.1) is 6.92 Å². The Hall–Kier alpha value is -0.930. The zero-order valence-corrected chi connectivity index (χ0v) is 12.9. The molecule has 112 valence electrons. The normalized spacial score (nSPS) is 20.8. The van der Waals surface area contributed by atoms with Gasteiger partial charge in [-0.15, -0.1) is 0 Å². The lowest BCUT2D eigenvalue weighted by atomic mass is 9.96. The summed E-state index contributed by atoms with van der Waals surface area (Å²) in [4.78, 5) is 4.30. The SMILES string of the molecule is CCCNC(CCC1CCCCO1)c1cnccc1C. The smallest absolute Gasteiger partial charge is 0.0575 e. The number of rotatable bonds is 7. The first-order chi connectivity index (χ1) is 9.81. The van der Waals surface area contributed by atoms with Crippen molar-refractivity contribution in [3.05, 3.63) is 29.6 Å². The minimum Gasteiger partial charge on any atom is -0.378 e. The van der Waals surface area contributed by atoms with Crippen LogP contribution in [0.25, 0.3) is 0 Å². The second-order valence-electron chi connectivity index (χ2n) is 5.80. The number of aryl methyl sites for hydroxylation is 1. The van der Waals surface area contributed by atoms with E-state index >= 15 is 0 Å². The molecule has 3 heteroatoms. The molecular weight excluding hydrogens is 248 g/mol. The van der Waals surface area contributed by atoms with E-state index in [1.807, 2.05) is 12.4 Å². The van der Waals surface area contributed by atoms with Gasteiger partial charge in [0, 0.05) is 25.0 Å². The molecule has 0 saturated carbocycles. The van der Waals surface area contributed by atoms with Crippen molar-refractivity contribution in [3.8, 4) is 0 Å².